The second-order valence-corrected chi connectivity index (χ2v) is 4.32. The molecular formula is C14H31NO2. The van der Waals surface area contributed by atoms with Gasteiger partial charge in [-0.3, -0.25) is 0 Å². The molecule has 0 spiro atoms. The second-order valence-electron chi connectivity index (χ2n) is 4.32. The maximum Gasteiger partial charge on any atom is 0.157 e. The molecule has 0 N–H and O–H groups in total. The van der Waals surface area contributed by atoms with Gasteiger partial charge in [0.1, 0.15) is 0 Å². The molecule has 0 atom stereocenters. The van der Waals surface area contributed by atoms with Crippen LogP contribution >= 0.6 is 0 Å². The molecule has 0 unspecified atom stereocenters. The Bertz CT molecular complexity index is 125. The molecule has 17 heavy (non-hydrogen) atoms. The largest absolute Gasteiger partial charge is 0.353 e. The van der Waals surface area contributed by atoms with Gasteiger partial charge in [-0.2, -0.15) is 0 Å². The Balaban J connectivity index is 3.73. The lowest BCUT2D eigenvalue weighted by atomic mass is 10.2. The van der Waals surface area contributed by atoms with Crippen molar-refractivity contribution in [2.24, 2.45) is 0 Å². The summed E-state index contributed by atoms with van der Waals surface area (Å²) in [7, 11) is 0. The van der Waals surface area contributed by atoms with Crippen LogP contribution in [0, 0.1) is 0 Å². The molecule has 0 aliphatic carbocycles. The van der Waals surface area contributed by atoms with E-state index in [0.717, 1.165) is 26.1 Å². The number of nitrogens with zero attached hydrogens (tertiary/aromatic N) is 1. The smallest absolute Gasteiger partial charge is 0.157 e. The minimum absolute atomic E-state index is 0.00453. The third kappa shape index (κ3) is 9.57. The zero-order valence-electron chi connectivity index (χ0n) is 12.2. The summed E-state index contributed by atoms with van der Waals surface area (Å²) < 4.78 is 11.1. The molecule has 0 heterocycles. The van der Waals surface area contributed by atoms with E-state index in [0.29, 0.717) is 0 Å². The van der Waals surface area contributed by atoms with Crippen molar-refractivity contribution in [2.75, 3.05) is 32.8 Å². The molecule has 0 rings (SSSR count). The predicted octanol–water partition coefficient (Wildman–Crippen LogP) is 3.29. The first-order valence-electron chi connectivity index (χ1n) is 7.23. The lowest BCUT2D eigenvalue weighted by Gasteiger charge is -2.22. The summed E-state index contributed by atoms with van der Waals surface area (Å²) in [5.74, 6) is 0. The summed E-state index contributed by atoms with van der Waals surface area (Å²) in [6, 6.07) is 0. The van der Waals surface area contributed by atoms with Gasteiger partial charge in [-0.1, -0.05) is 13.8 Å². The van der Waals surface area contributed by atoms with Gasteiger partial charge in [-0.25, -0.2) is 0 Å². The van der Waals surface area contributed by atoms with Gasteiger partial charge in [-0.05, 0) is 59.2 Å². The topological polar surface area (TPSA) is 21.7 Å². The van der Waals surface area contributed by atoms with Crippen LogP contribution in [0.15, 0.2) is 0 Å². The van der Waals surface area contributed by atoms with Crippen LogP contribution in [-0.4, -0.2) is 44.0 Å². The van der Waals surface area contributed by atoms with E-state index in [1.54, 1.807) is 0 Å². The second kappa shape index (κ2) is 12.3. The van der Waals surface area contributed by atoms with E-state index in [2.05, 4.69) is 18.7 Å². The summed E-state index contributed by atoms with van der Waals surface area (Å²) in [5, 5.41) is 0. The Morgan fingerprint density at radius 1 is 0.824 bits per heavy atom. The first-order chi connectivity index (χ1) is 8.28. The standard InChI is InChI=1S/C14H31NO2/c1-5-11-15(12-6-2)13-9-10-14(16-7-3)17-8-4/h14H,5-13H2,1-4H3. The van der Waals surface area contributed by atoms with E-state index in [4.69, 9.17) is 9.47 Å². The molecule has 0 aromatic carbocycles. The molecule has 0 saturated carbocycles. The lowest BCUT2D eigenvalue weighted by Crippen LogP contribution is -2.28. The van der Waals surface area contributed by atoms with Crippen molar-refractivity contribution in [3.8, 4) is 0 Å². The molecule has 0 aromatic rings. The normalized spacial score (nSPS) is 11.6. The van der Waals surface area contributed by atoms with Gasteiger partial charge in [0.05, 0.1) is 0 Å². The van der Waals surface area contributed by atoms with Gasteiger partial charge < -0.3 is 14.4 Å². The highest BCUT2D eigenvalue weighted by molar-refractivity contribution is 4.57. The monoisotopic (exact) mass is 245 g/mol. The highest BCUT2D eigenvalue weighted by atomic mass is 16.7. The maximum absolute atomic E-state index is 5.54. The van der Waals surface area contributed by atoms with Crippen LogP contribution in [0.25, 0.3) is 0 Å². The van der Waals surface area contributed by atoms with Crippen LogP contribution in [0.4, 0.5) is 0 Å². The van der Waals surface area contributed by atoms with Crippen molar-refractivity contribution in [3.05, 3.63) is 0 Å². The molecule has 0 fully saturated rings. The van der Waals surface area contributed by atoms with E-state index >= 15 is 0 Å². The quantitative estimate of drug-likeness (QED) is 0.492. The van der Waals surface area contributed by atoms with Crippen molar-refractivity contribution >= 4 is 0 Å². The molecule has 0 aliphatic heterocycles. The Labute approximate surface area is 107 Å². The Hall–Kier alpha value is -0.120. The molecule has 0 bridgehead atoms. The molecule has 3 heteroatoms. The van der Waals surface area contributed by atoms with Crippen molar-refractivity contribution in [1.82, 2.24) is 4.90 Å². The summed E-state index contributed by atoms with van der Waals surface area (Å²) in [4.78, 5) is 2.54. The highest BCUT2D eigenvalue weighted by Crippen LogP contribution is 2.06. The minimum atomic E-state index is -0.00453. The van der Waals surface area contributed by atoms with Gasteiger partial charge in [0.2, 0.25) is 0 Å². The SMILES string of the molecule is CCCN(CCC)CCCC(OCC)OCC. The number of hydrogen-bond donors (Lipinski definition) is 0. The zero-order chi connectivity index (χ0) is 12.9. The average Bonchev–Trinajstić information content (AvgIpc) is 2.30. The van der Waals surface area contributed by atoms with Crippen molar-refractivity contribution in [3.63, 3.8) is 0 Å². The van der Waals surface area contributed by atoms with Crippen molar-refractivity contribution in [1.29, 1.82) is 0 Å². The van der Waals surface area contributed by atoms with Crippen LogP contribution in [0.3, 0.4) is 0 Å². The minimum Gasteiger partial charge on any atom is -0.353 e. The molecule has 104 valence electrons. The molecule has 0 amide bonds. The molecule has 0 aromatic heterocycles. The van der Waals surface area contributed by atoms with Crippen molar-refractivity contribution in [2.45, 2.75) is 59.7 Å². The average molecular weight is 245 g/mol. The lowest BCUT2D eigenvalue weighted by molar-refractivity contribution is -0.140. The van der Waals surface area contributed by atoms with Crippen LogP contribution in [0.1, 0.15) is 53.4 Å². The van der Waals surface area contributed by atoms with E-state index in [1.165, 1.54) is 32.5 Å². The van der Waals surface area contributed by atoms with E-state index < -0.39 is 0 Å². The molecule has 0 aliphatic rings. The Kier molecular flexibility index (Phi) is 12.3. The number of rotatable bonds is 12. The van der Waals surface area contributed by atoms with Gasteiger partial charge in [-0.15, -0.1) is 0 Å². The summed E-state index contributed by atoms with van der Waals surface area (Å²) in [5.41, 5.74) is 0. The molecule has 3 nitrogen and oxygen atoms in total. The molecule has 0 saturated heterocycles. The fourth-order valence-electron chi connectivity index (χ4n) is 2.04. The third-order valence-corrected chi connectivity index (χ3v) is 2.70. The number of ether oxygens (including phenoxy) is 2. The summed E-state index contributed by atoms with van der Waals surface area (Å²) in [6.07, 6.45) is 4.63. The van der Waals surface area contributed by atoms with Gasteiger partial charge in [0.15, 0.2) is 6.29 Å². The van der Waals surface area contributed by atoms with Crippen LogP contribution < -0.4 is 0 Å². The van der Waals surface area contributed by atoms with Crippen molar-refractivity contribution < 1.29 is 9.47 Å². The van der Waals surface area contributed by atoms with Gasteiger partial charge >= 0.3 is 0 Å². The Morgan fingerprint density at radius 2 is 1.35 bits per heavy atom. The van der Waals surface area contributed by atoms with Crippen LogP contribution in [-0.2, 0) is 9.47 Å². The van der Waals surface area contributed by atoms with E-state index in [1.807, 2.05) is 13.8 Å². The molecular weight excluding hydrogens is 214 g/mol. The molecule has 0 radical (unpaired) electrons. The fraction of sp³-hybridized carbons (Fsp3) is 1.00. The zero-order valence-corrected chi connectivity index (χ0v) is 12.2. The third-order valence-electron chi connectivity index (χ3n) is 2.70. The van der Waals surface area contributed by atoms with Crippen LogP contribution in [0.5, 0.6) is 0 Å². The first kappa shape index (κ1) is 16.9. The predicted molar refractivity (Wildman–Crippen MR) is 73.3 cm³/mol. The van der Waals surface area contributed by atoms with Gasteiger partial charge in [0.25, 0.3) is 0 Å². The van der Waals surface area contributed by atoms with Crippen LogP contribution in [0.2, 0.25) is 0 Å². The first-order valence-corrected chi connectivity index (χ1v) is 7.23. The van der Waals surface area contributed by atoms with E-state index in [-0.39, 0.29) is 6.29 Å². The van der Waals surface area contributed by atoms with E-state index in [9.17, 15) is 0 Å². The fourth-order valence-corrected chi connectivity index (χ4v) is 2.04. The summed E-state index contributed by atoms with van der Waals surface area (Å²) in [6.45, 7) is 13.6. The maximum atomic E-state index is 5.54. The number of hydrogen-bond acceptors (Lipinski definition) is 3. The highest BCUT2D eigenvalue weighted by Gasteiger charge is 2.09. The van der Waals surface area contributed by atoms with Gasteiger partial charge in [0, 0.05) is 13.2 Å². The Morgan fingerprint density at radius 3 is 1.76 bits per heavy atom. The summed E-state index contributed by atoms with van der Waals surface area (Å²) >= 11 is 0.